The second kappa shape index (κ2) is 7.07. The summed E-state index contributed by atoms with van der Waals surface area (Å²) in [6.07, 6.45) is 2.73. The van der Waals surface area contributed by atoms with Crippen molar-refractivity contribution in [1.82, 2.24) is 0 Å². The number of hydrogen-bond donors (Lipinski definition) is 1. The highest BCUT2D eigenvalue weighted by Gasteiger charge is 2.18. The van der Waals surface area contributed by atoms with Gasteiger partial charge in [0.2, 0.25) is 0 Å². The van der Waals surface area contributed by atoms with Gasteiger partial charge in [0.25, 0.3) is 0 Å². The maximum absolute atomic E-state index is 12.2. The minimum absolute atomic E-state index is 0.102. The molecule has 0 radical (unpaired) electrons. The fourth-order valence-corrected chi connectivity index (χ4v) is 1.76. The number of benzene rings is 1. The number of aliphatic carboxylic acids is 1. The zero-order chi connectivity index (χ0) is 16.0. The summed E-state index contributed by atoms with van der Waals surface area (Å²) in [6, 6.07) is 5.49. The van der Waals surface area contributed by atoms with Gasteiger partial charge in [-0.15, -0.1) is 0 Å². The Morgan fingerprint density at radius 1 is 1.24 bits per heavy atom. The molecule has 114 valence electrons. The Kier molecular flexibility index (Phi) is 5.70. The normalized spacial score (nSPS) is 11.6. The van der Waals surface area contributed by atoms with E-state index in [1.807, 2.05) is 13.0 Å². The molecule has 0 bridgehead atoms. The van der Waals surface area contributed by atoms with Gasteiger partial charge in [0, 0.05) is 6.08 Å². The van der Waals surface area contributed by atoms with Crippen LogP contribution in [0.15, 0.2) is 30.4 Å². The molecule has 0 fully saturated rings. The first-order chi connectivity index (χ1) is 9.75. The van der Waals surface area contributed by atoms with Crippen LogP contribution in [0.5, 0.6) is 5.75 Å². The van der Waals surface area contributed by atoms with Crippen LogP contribution in [0.25, 0.3) is 0 Å². The maximum Gasteiger partial charge on any atom is 0.328 e. The molecule has 0 heterocycles. The molecule has 0 atom stereocenters. The van der Waals surface area contributed by atoms with Crippen LogP contribution in [0.4, 0.5) is 0 Å². The predicted octanol–water partition coefficient (Wildman–Crippen LogP) is 3.60. The van der Waals surface area contributed by atoms with Crippen LogP contribution < -0.4 is 4.74 Å². The molecule has 0 saturated carbocycles. The molecule has 1 rings (SSSR count). The molecule has 0 aliphatic rings. The molecule has 0 aromatic heterocycles. The van der Waals surface area contributed by atoms with Gasteiger partial charge in [-0.3, -0.25) is 4.79 Å². The van der Waals surface area contributed by atoms with Crippen molar-refractivity contribution in [2.24, 2.45) is 0 Å². The highest BCUT2D eigenvalue weighted by Crippen LogP contribution is 2.28. The first-order valence-corrected chi connectivity index (χ1v) is 6.98. The van der Waals surface area contributed by atoms with Crippen LogP contribution in [0.3, 0.4) is 0 Å². The van der Waals surface area contributed by atoms with Gasteiger partial charge in [-0.1, -0.05) is 33.8 Å². The van der Waals surface area contributed by atoms with Crippen molar-refractivity contribution in [1.29, 1.82) is 0 Å². The molecule has 1 aromatic carbocycles. The first-order valence-electron chi connectivity index (χ1n) is 6.98. The average Bonchev–Trinajstić information content (AvgIpc) is 2.41. The fourth-order valence-electron chi connectivity index (χ4n) is 1.76. The molecule has 1 aromatic rings. The minimum atomic E-state index is -1.15. The highest BCUT2D eigenvalue weighted by molar-refractivity contribution is 6.08. The Morgan fingerprint density at radius 2 is 1.90 bits per heavy atom. The van der Waals surface area contributed by atoms with Crippen molar-refractivity contribution >= 4 is 11.8 Å². The molecule has 4 heteroatoms. The summed E-state index contributed by atoms with van der Waals surface area (Å²) in [4.78, 5) is 22.7. The van der Waals surface area contributed by atoms with E-state index in [0.717, 1.165) is 24.1 Å². The zero-order valence-electron chi connectivity index (χ0n) is 13.0. The van der Waals surface area contributed by atoms with E-state index in [-0.39, 0.29) is 11.2 Å². The predicted molar refractivity (Wildman–Crippen MR) is 82.0 cm³/mol. The van der Waals surface area contributed by atoms with E-state index in [4.69, 9.17) is 9.84 Å². The number of carbonyl (C=O) groups excluding carboxylic acids is 1. The number of ether oxygens (including phenoxy) is 1. The molecule has 21 heavy (non-hydrogen) atoms. The Labute approximate surface area is 125 Å². The van der Waals surface area contributed by atoms with Crippen molar-refractivity contribution in [3.63, 3.8) is 0 Å². The monoisotopic (exact) mass is 290 g/mol. The van der Waals surface area contributed by atoms with E-state index >= 15 is 0 Å². The molecular formula is C17H22O4. The average molecular weight is 290 g/mol. The lowest BCUT2D eigenvalue weighted by Gasteiger charge is -2.21. The lowest BCUT2D eigenvalue weighted by molar-refractivity contribution is -0.131. The Balaban J connectivity index is 3.21. The van der Waals surface area contributed by atoms with Gasteiger partial charge in [0.05, 0.1) is 12.2 Å². The van der Waals surface area contributed by atoms with Crippen LogP contribution >= 0.6 is 0 Å². The maximum atomic E-state index is 12.2. The van der Waals surface area contributed by atoms with E-state index in [1.165, 1.54) is 0 Å². The molecular weight excluding hydrogens is 268 g/mol. The fraction of sp³-hybridized carbons (Fsp3) is 0.412. The van der Waals surface area contributed by atoms with E-state index in [1.54, 1.807) is 12.1 Å². The summed E-state index contributed by atoms with van der Waals surface area (Å²) in [5.74, 6) is -1.02. The molecule has 1 N–H and O–H groups in total. The van der Waals surface area contributed by atoms with Gasteiger partial charge in [-0.25, -0.2) is 4.79 Å². The lowest BCUT2D eigenvalue weighted by Crippen LogP contribution is -2.13. The van der Waals surface area contributed by atoms with Gasteiger partial charge in [-0.05, 0) is 35.6 Å². The zero-order valence-corrected chi connectivity index (χ0v) is 13.0. The molecule has 0 amide bonds. The van der Waals surface area contributed by atoms with Crippen molar-refractivity contribution in [2.75, 3.05) is 6.61 Å². The summed E-state index contributed by atoms with van der Waals surface area (Å²) in [5.41, 5.74) is 1.29. The minimum Gasteiger partial charge on any atom is -0.493 e. The van der Waals surface area contributed by atoms with Crippen molar-refractivity contribution in [2.45, 2.75) is 39.5 Å². The van der Waals surface area contributed by atoms with Gasteiger partial charge in [-0.2, -0.15) is 0 Å². The smallest absolute Gasteiger partial charge is 0.328 e. The van der Waals surface area contributed by atoms with E-state index in [2.05, 4.69) is 20.8 Å². The van der Waals surface area contributed by atoms with Gasteiger partial charge in [0.15, 0.2) is 5.78 Å². The van der Waals surface area contributed by atoms with Crippen LogP contribution in [0.2, 0.25) is 0 Å². The van der Waals surface area contributed by atoms with Crippen LogP contribution in [-0.2, 0) is 10.2 Å². The SMILES string of the molecule is CCCOc1ccc(C(C)(C)C)cc1C(=O)/C=C/C(=O)O. The number of hydrogen-bond acceptors (Lipinski definition) is 3. The van der Waals surface area contributed by atoms with Crippen molar-refractivity contribution in [3.05, 3.63) is 41.5 Å². The number of allylic oxidation sites excluding steroid dienone is 1. The molecule has 0 spiro atoms. The Hall–Kier alpha value is -2.10. The van der Waals surface area contributed by atoms with E-state index < -0.39 is 5.97 Å². The lowest BCUT2D eigenvalue weighted by atomic mass is 9.85. The van der Waals surface area contributed by atoms with E-state index in [0.29, 0.717) is 17.9 Å². The number of carboxylic acid groups (broad SMARTS) is 1. The summed E-state index contributed by atoms with van der Waals surface area (Å²) in [7, 11) is 0. The third-order valence-electron chi connectivity index (χ3n) is 2.95. The van der Waals surface area contributed by atoms with Crippen LogP contribution in [0, 0.1) is 0 Å². The van der Waals surface area contributed by atoms with Gasteiger partial charge >= 0.3 is 5.97 Å². The molecule has 0 saturated heterocycles. The highest BCUT2D eigenvalue weighted by atomic mass is 16.5. The summed E-state index contributed by atoms with van der Waals surface area (Å²) in [5, 5.41) is 8.63. The van der Waals surface area contributed by atoms with E-state index in [9.17, 15) is 9.59 Å². The second-order valence-electron chi connectivity index (χ2n) is 5.85. The molecule has 0 aliphatic heterocycles. The largest absolute Gasteiger partial charge is 0.493 e. The molecule has 0 aliphatic carbocycles. The standard InChI is InChI=1S/C17H22O4/c1-5-10-21-15-8-6-12(17(2,3)4)11-13(15)14(18)7-9-16(19)20/h6-9,11H,5,10H2,1-4H3,(H,19,20)/b9-7+. The van der Waals surface area contributed by atoms with Crippen LogP contribution in [0.1, 0.15) is 50.0 Å². The summed E-state index contributed by atoms with van der Waals surface area (Å²) >= 11 is 0. The summed E-state index contributed by atoms with van der Waals surface area (Å²) in [6.45, 7) is 8.65. The summed E-state index contributed by atoms with van der Waals surface area (Å²) < 4.78 is 5.58. The van der Waals surface area contributed by atoms with Crippen molar-refractivity contribution in [3.8, 4) is 5.75 Å². The number of carbonyl (C=O) groups is 2. The first kappa shape index (κ1) is 17.0. The topological polar surface area (TPSA) is 63.6 Å². The van der Waals surface area contributed by atoms with Crippen LogP contribution in [-0.4, -0.2) is 23.5 Å². The Morgan fingerprint density at radius 3 is 2.43 bits per heavy atom. The number of rotatable bonds is 6. The number of carboxylic acids is 1. The second-order valence-corrected chi connectivity index (χ2v) is 5.85. The van der Waals surface area contributed by atoms with Gasteiger partial charge in [0.1, 0.15) is 5.75 Å². The van der Waals surface area contributed by atoms with Crippen molar-refractivity contribution < 1.29 is 19.4 Å². The quantitative estimate of drug-likeness (QED) is 0.642. The molecule has 4 nitrogen and oxygen atoms in total. The molecule has 0 unspecified atom stereocenters. The Bertz CT molecular complexity index is 550. The van der Waals surface area contributed by atoms with Gasteiger partial charge < -0.3 is 9.84 Å². The number of ketones is 1. The third kappa shape index (κ3) is 5.06. The third-order valence-corrected chi connectivity index (χ3v) is 2.95.